The predicted molar refractivity (Wildman–Crippen MR) is 54.2 cm³/mol. The molecule has 1 aromatic heterocycles. The second-order valence-electron chi connectivity index (χ2n) is 3.36. The second kappa shape index (κ2) is 3.77. The first-order valence-electron chi connectivity index (χ1n) is 4.01. The number of primary sulfonamides is 1. The number of rotatable bonds is 3. The van der Waals surface area contributed by atoms with Crippen LogP contribution in [0.2, 0.25) is 0 Å². The lowest BCUT2D eigenvalue weighted by Gasteiger charge is -1.99. The van der Waals surface area contributed by atoms with E-state index in [9.17, 15) is 8.42 Å². The Hall–Kier alpha value is -0.390. The fraction of sp³-hybridized carbons (Fsp3) is 0.500. The summed E-state index contributed by atoms with van der Waals surface area (Å²) >= 11 is 1.26. The molecule has 13 heavy (non-hydrogen) atoms. The molecule has 74 valence electrons. The van der Waals surface area contributed by atoms with Crippen molar-refractivity contribution in [2.24, 2.45) is 11.1 Å². The van der Waals surface area contributed by atoms with E-state index in [-0.39, 0.29) is 4.21 Å². The maximum absolute atomic E-state index is 10.9. The molecule has 2 N–H and O–H groups in total. The van der Waals surface area contributed by atoms with Crippen LogP contribution in [-0.4, -0.2) is 8.42 Å². The van der Waals surface area contributed by atoms with Crippen molar-refractivity contribution in [2.75, 3.05) is 0 Å². The van der Waals surface area contributed by atoms with Gasteiger partial charge in [0.25, 0.3) is 0 Å². The van der Waals surface area contributed by atoms with Crippen LogP contribution in [0.5, 0.6) is 0 Å². The van der Waals surface area contributed by atoms with Crippen LogP contribution in [0.15, 0.2) is 16.3 Å². The van der Waals surface area contributed by atoms with E-state index in [4.69, 9.17) is 5.14 Å². The van der Waals surface area contributed by atoms with Crippen molar-refractivity contribution < 1.29 is 8.42 Å². The summed E-state index contributed by atoms with van der Waals surface area (Å²) in [5.41, 5.74) is 0. The Bertz CT molecular complexity index is 379. The maximum Gasteiger partial charge on any atom is 0.247 e. The highest BCUT2D eigenvalue weighted by Gasteiger charge is 2.11. The lowest BCUT2D eigenvalue weighted by molar-refractivity contribution is 0.600. The molecular weight excluding hydrogens is 206 g/mol. The van der Waals surface area contributed by atoms with Gasteiger partial charge in [0.1, 0.15) is 4.21 Å². The van der Waals surface area contributed by atoms with E-state index in [0.29, 0.717) is 5.92 Å². The number of nitrogens with two attached hydrogens (primary N) is 1. The average molecular weight is 219 g/mol. The molecule has 0 saturated carbocycles. The first kappa shape index (κ1) is 10.7. The monoisotopic (exact) mass is 219 g/mol. The molecule has 5 heteroatoms. The number of hydrogen-bond acceptors (Lipinski definition) is 3. The Morgan fingerprint density at radius 1 is 1.46 bits per heavy atom. The fourth-order valence-electron chi connectivity index (χ4n) is 1.02. The van der Waals surface area contributed by atoms with Gasteiger partial charge >= 0.3 is 0 Å². The number of sulfonamides is 1. The third-order valence-corrected chi connectivity index (χ3v) is 4.07. The Morgan fingerprint density at radius 2 is 2.08 bits per heavy atom. The minimum Gasteiger partial charge on any atom is -0.224 e. The van der Waals surface area contributed by atoms with Gasteiger partial charge in [-0.05, 0) is 24.5 Å². The van der Waals surface area contributed by atoms with Gasteiger partial charge in [0.2, 0.25) is 10.0 Å². The van der Waals surface area contributed by atoms with Crippen LogP contribution in [0.4, 0.5) is 0 Å². The molecule has 0 unspecified atom stereocenters. The van der Waals surface area contributed by atoms with Gasteiger partial charge < -0.3 is 0 Å². The summed E-state index contributed by atoms with van der Waals surface area (Å²) in [4.78, 5) is 1.07. The Labute approximate surface area is 82.6 Å². The van der Waals surface area contributed by atoms with Crippen LogP contribution in [0, 0.1) is 5.92 Å². The highest BCUT2D eigenvalue weighted by atomic mass is 32.2. The predicted octanol–water partition coefficient (Wildman–Crippen LogP) is 1.59. The van der Waals surface area contributed by atoms with E-state index >= 15 is 0 Å². The van der Waals surface area contributed by atoms with Crippen molar-refractivity contribution in [3.8, 4) is 0 Å². The topological polar surface area (TPSA) is 60.2 Å². The van der Waals surface area contributed by atoms with E-state index in [1.165, 1.54) is 11.3 Å². The van der Waals surface area contributed by atoms with Crippen molar-refractivity contribution in [3.05, 3.63) is 17.0 Å². The fourth-order valence-corrected chi connectivity index (χ4v) is 3.01. The zero-order chi connectivity index (χ0) is 10.1. The maximum atomic E-state index is 10.9. The van der Waals surface area contributed by atoms with Crippen molar-refractivity contribution in [3.63, 3.8) is 0 Å². The van der Waals surface area contributed by atoms with Crippen LogP contribution in [0.3, 0.4) is 0 Å². The molecule has 1 rings (SSSR count). The standard InChI is InChI=1S/C8H13NO2S2/c1-6(2)5-7-3-4-8(12-7)13(9,10)11/h3-4,6H,5H2,1-2H3,(H2,9,10,11). The molecule has 0 aliphatic heterocycles. The molecule has 0 aromatic carbocycles. The minimum absolute atomic E-state index is 0.253. The van der Waals surface area contributed by atoms with Crippen LogP contribution in [-0.2, 0) is 16.4 Å². The molecule has 0 amide bonds. The quantitative estimate of drug-likeness (QED) is 0.839. The van der Waals surface area contributed by atoms with Crippen molar-refractivity contribution in [1.82, 2.24) is 0 Å². The van der Waals surface area contributed by atoms with Crippen LogP contribution < -0.4 is 5.14 Å². The molecule has 1 aromatic rings. The second-order valence-corrected chi connectivity index (χ2v) is 6.32. The largest absolute Gasteiger partial charge is 0.247 e. The summed E-state index contributed by atoms with van der Waals surface area (Å²) in [6, 6.07) is 3.39. The Kier molecular flexibility index (Phi) is 3.10. The zero-order valence-corrected chi connectivity index (χ0v) is 9.28. The summed E-state index contributed by atoms with van der Waals surface area (Å²) in [6.45, 7) is 4.19. The lowest BCUT2D eigenvalue weighted by atomic mass is 10.1. The first-order valence-corrected chi connectivity index (χ1v) is 6.37. The van der Waals surface area contributed by atoms with E-state index in [1.54, 1.807) is 6.07 Å². The SMILES string of the molecule is CC(C)Cc1ccc(S(N)(=O)=O)s1. The zero-order valence-electron chi connectivity index (χ0n) is 7.65. The molecule has 0 aliphatic carbocycles. The van der Waals surface area contributed by atoms with E-state index in [1.807, 2.05) is 6.07 Å². The average Bonchev–Trinajstić information content (AvgIpc) is 2.32. The smallest absolute Gasteiger partial charge is 0.224 e. The normalized spacial score (nSPS) is 12.3. The summed E-state index contributed by atoms with van der Waals surface area (Å²) in [7, 11) is -3.50. The van der Waals surface area contributed by atoms with Gasteiger partial charge in [-0.1, -0.05) is 13.8 Å². The molecule has 0 bridgehead atoms. The summed E-state index contributed by atoms with van der Waals surface area (Å²) in [6.07, 6.45) is 0.903. The Morgan fingerprint density at radius 3 is 2.46 bits per heavy atom. The van der Waals surface area contributed by atoms with E-state index in [2.05, 4.69) is 13.8 Å². The van der Waals surface area contributed by atoms with Crippen molar-refractivity contribution in [1.29, 1.82) is 0 Å². The van der Waals surface area contributed by atoms with Crippen molar-refractivity contribution >= 4 is 21.4 Å². The van der Waals surface area contributed by atoms with Gasteiger partial charge in [-0.25, -0.2) is 13.6 Å². The molecule has 0 saturated heterocycles. The van der Waals surface area contributed by atoms with Crippen LogP contribution in [0.1, 0.15) is 18.7 Å². The molecule has 0 fully saturated rings. The van der Waals surface area contributed by atoms with E-state index < -0.39 is 10.0 Å². The third kappa shape index (κ3) is 3.10. The molecular formula is C8H13NO2S2. The van der Waals surface area contributed by atoms with E-state index in [0.717, 1.165) is 11.3 Å². The Balaban J connectivity index is 2.88. The summed E-state index contributed by atoms with van der Waals surface area (Å²) in [5.74, 6) is 0.534. The molecule has 0 atom stereocenters. The third-order valence-electron chi connectivity index (χ3n) is 1.53. The van der Waals surface area contributed by atoms with Gasteiger partial charge in [-0.15, -0.1) is 11.3 Å². The molecule has 3 nitrogen and oxygen atoms in total. The highest BCUT2D eigenvalue weighted by Crippen LogP contribution is 2.22. The molecule has 0 spiro atoms. The van der Waals surface area contributed by atoms with Crippen molar-refractivity contribution in [2.45, 2.75) is 24.5 Å². The van der Waals surface area contributed by atoms with Gasteiger partial charge in [0.15, 0.2) is 0 Å². The molecule has 0 radical (unpaired) electrons. The number of hydrogen-bond donors (Lipinski definition) is 1. The van der Waals surface area contributed by atoms with Crippen LogP contribution >= 0.6 is 11.3 Å². The first-order chi connectivity index (χ1) is 5.89. The summed E-state index contributed by atoms with van der Waals surface area (Å²) in [5, 5.41) is 4.98. The van der Waals surface area contributed by atoms with Gasteiger partial charge in [0, 0.05) is 4.88 Å². The highest BCUT2D eigenvalue weighted by molar-refractivity contribution is 7.91. The lowest BCUT2D eigenvalue weighted by Crippen LogP contribution is -2.09. The summed E-state index contributed by atoms with van der Waals surface area (Å²) < 4.78 is 22.1. The minimum atomic E-state index is -3.50. The number of thiophene rings is 1. The van der Waals surface area contributed by atoms with Gasteiger partial charge in [-0.3, -0.25) is 0 Å². The van der Waals surface area contributed by atoms with Gasteiger partial charge in [0.05, 0.1) is 0 Å². The van der Waals surface area contributed by atoms with Gasteiger partial charge in [-0.2, -0.15) is 0 Å². The van der Waals surface area contributed by atoms with Crippen LogP contribution in [0.25, 0.3) is 0 Å². The molecule has 0 aliphatic rings. The molecule has 1 heterocycles.